The smallest absolute Gasteiger partial charge is 0.253 e. The van der Waals surface area contributed by atoms with Crippen molar-refractivity contribution < 1.29 is 13.2 Å². The van der Waals surface area contributed by atoms with E-state index in [1.165, 1.54) is 20.2 Å². The molecule has 0 atom stereocenters. The zero-order valence-corrected chi connectivity index (χ0v) is 18.3. The van der Waals surface area contributed by atoms with Gasteiger partial charge in [-0.1, -0.05) is 23.7 Å². The largest absolute Gasteiger partial charge is 0.371 e. The van der Waals surface area contributed by atoms with Gasteiger partial charge in [-0.3, -0.25) is 4.79 Å². The minimum absolute atomic E-state index is 0.116. The van der Waals surface area contributed by atoms with Crippen molar-refractivity contribution in [2.75, 3.05) is 38.6 Å². The van der Waals surface area contributed by atoms with Gasteiger partial charge in [0.05, 0.1) is 10.5 Å². The Labute approximate surface area is 177 Å². The lowest BCUT2D eigenvalue weighted by Crippen LogP contribution is -2.30. The molecule has 1 aliphatic rings. The summed E-state index contributed by atoms with van der Waals surface area (Å²) < 4.78 is 26.2. The molecule has 8 heteroatoms. The first-order valence-corrected chi connectivity index (χ1v) is 11.4. The fourth-order valence-electron chi connectivity index (χ4n) is 3.41. The van der Waals surface area contributed by atoms with Gasteiger partial charge in [0, 0.05) is 44.4 Å². The summed E-state index contributed by atoms with van der Waals surface area (Å²) in [5.74, 6) is -0.273. The molecule has 1 amide bonds. The highest BCUT2D eigenvalue weighted by Crippen LogP contribution is 2.28. The van der Waals surface area contributed by atoms with Crippen molar-refractivity contribution in [3.63, 3.8) is 0 Å². The van der Waals surface area contributed by atoms with Crippen LogP contribution in [0.3, 0.4) is 0 Å². The van der Waals surface area contributed by atoms with E-state index in [9.17, 15) is 13.2 Å². The number of anilines is 1. The second-order valence-electron chi connectivity index (χ2n) is 7.30. The van der Waals surface area contributed by atoms with Crippen LogP contribution in [-0.4, -0.2) is 52.4 Å². The zero-order valence-electron chi connectivity index (χ0n) is 16.7. The molecule has 3 rings (SSSR count). The van der Waals surface area contributed by atoms with Crippen molar-refractivity contribution in [1.82, 2.24) is 9.62 Å². The van der Waals surface area contributed by atoms with Gasteiger partial charge >= 0.3 is 0 Å². The number of carbonyl (C=O) groups excluding carboxylic acids is 1. The van der Waals surface area contributed by atoms with E-state index in [1.807, 2.05) is 24.3 Å². The summed E-state index contributed by atoms with van der Waals surface area (Å²) in [5, 5.41) is 3.58. The minimum Gasteiger partial charge on any atom is -0.371 e. The Morgan fingerprint density at radius 1 is 1.14 bits per heavy atom. The second kappa shape index (κ2) is 9.15. The van der Waals surface area contributed by atoms with E-state index < -0.39 is 10.0 Å². The number of hydrogen-bond donors (Lipinski definition) is 1. The topological polar surface area (TPSA) is 69.7 Å². The molecule has 1 fully saturated rings. The summed E-state index contributed by atoms with van der Waals surface area (Å²) in [5.41, 5.74) is 2.20. The Balaban J connectivity index is 1.82. The molecular weight excluding hydrogens is 410 g/mol. The van der Waals surface area contributed by atoms with Gasteiger partial charge in [0.2, 0.25) is 10.0 Å². The van der Waals surface area contributed by atoms with Crippen LogP contribution in [-0.2, 0) is 16.4 Å². The van der Waals surface area contributed by atoms with Crippen molar-refractivity contribution in [2.45, 2.75) is 24.2 Å². The van der Waals surface area contributed by atoms with Crippen LogP contribution in [0.2, 0.25) is 5.02 Å². The third-order valence-corrected chi connectivity index (χ3v) is 7.07. The third-order valence-electron chi connectivity index (χ3n) is 5.03. The van der Waals surface area contributed by atoms with Crippen LogP contribution in [0.5, 0.6) is 0 Å². The summed E-state index contributed by atoms with van der Waals surface area (Å²) in [7, 11) is -0.660. The van der Waals surface area contributed by atoms with E-state index in [1.54, 1.807) is 12.1 Å². The van der Waals surface area contributed by atoms with Crippen molar-refractivity contribution in [3.05, 3.63) is 58.6 Å². The summed E-state index contributed by atoms with van der Waals surface area (Å²) >= 11 is 6.01. The molecule has 1 heterocycles. The second-order valence-corrected chi connectivity index (χ2v) is 9.88. The molecule has 1 N–H and O–H groups in total. The predicted octanol–water partition coefficient (Wildman–Crippen LogP) is 3.16. The summed E-state index contributed by atoms with van der Waals surface area (Å²) in [4.78, 5) is 15.2. The molecule has 29 heavy (non-hydrogen) atoms. The van der Waals surface area contributed by atoms with E-state index >= 15 is 0 Å². The van der Waals surface area contributed by atoms with Gasteiger partial charge in [-0.05, 0) is 55.2 Å². The molecule has 0 bridgehead atoms. The monoisotopic (exact) mass is 435 g/mol. The van der Waals surface area contributed by atoms with Gasteiger partial charge in [0.1, 0.15) is 0 Å². The number of sulfonamides is 1. The fourth-order valence-corrected chi connectivity index (χ4v) is 4.55. The van der Waals surface area contributed by atoms with E-state index in [4.69, 9.17) is 11.6 Å². The molecule has 0 radical (unpaired) electrons. The zero-order chi connectivity index (χ0) is 21.0. The molecule has 0 unspecified atom stereocenters. The lowest BCUT2D eigenvalue weighted by Gasteiger charge is -2.22. The average molecular weight is 436 g/mol. The van der Waals surface area contributed by atoms with Crippen molar-refractivity contribution in [3.8, 4) is 0 Å². The fraction of sp³-hybridized carbons (Fsp3) is 0.381. The van der Waals surface area contributed by atoms with Gasteiger partial charge in [0.25, 0.3) is 5.91 Å². The van der Waals surface area contributed by atoms with Crippen LogP contribution in [0.15, 0.2) is 47.4 Å². The van der Waals surface area contributed by atoms with Crippen LogP contribution in [0, 0.1) is 0 Å². The molecule has 6 nitrogen and oxygen atoms in total. The molecule has 0 saturated carbocycles. The molecule has 0 aromatic heterocycles. The number of carbonyl (C=O) groups is 1. The lowest BCUT2D eigenvalue weighted by atomic mass is 10.1. The number of nitrogens with one attached hydrogen (secondary N) is 1. The Kier molecular flexibility index (Phi) is 6.82. The van der Waals surface area contributed by atoms with E-state index in [2.05, 4.69) is 10.2 Å². The molecule has 0 aliphatic carbocycles. The maximum atomic E-state index is 13.0. The SMILES string of the molecule is CN(C)S(=O)(=O)c1ccc(N2CCCC2)c(C(=O)NCCc2cccc(Cl)c2)c1. The van der Waals surface area contributed by atoms with Gasteiger partial charge in [-0.2, -0.15) is 0 Å². The molecule has 156 valence electrons. The van der Waals surface area contributed by atoms with Crippen LogP contribution >= 0.6 is 11.6 Å². The van der Waals surface area contributed by atoms with Crippen LogP contribution < -0.4 is 10.2 Å². The summed E-state index contributed by atoms with van der Waals surface area (Å²) in [6.45, 7) is 2.16. The van der Waals surface area contributed by atoms with Gasteiger partial charge in [0.15, 0.2) is 0 Å². The molecular formula is C21H26ClN3O3S. The van der Waals surface area contributed by atoms with Gasteiger partial charge in [-0.15, -0.1) is 0 Å². The maximum Gasteiger partial charge on any atom is 0.253 e. The predicted molar refractivity (Wildman–Crippen MR) is 116 cm³/mol. The Hall–Kier alpha value is -2.09. The molecule has 2 aromatic rings. The summed E-state index contributed by atoms with van der Waals surface area (Å²) in [6.07, 6.45) is 2.77. The van der Waals surface area contributed by atoms with E-state index in [0.717, 1.165) is 41.5 Å². The van der Waals surface area contributed by atoms with Crippen LogP contribution in [0.1, 0.15) is 28.8 Å². The third kappa shape index (κ3) is 5.10. The number of nitrogens with zero attached hydrogens (tertiary/aromatic N) is 2. The highest BCUT2D eigenvalue weighted by molar-refractivity contribution is 7.89. The number of amides is 1. The molecule has 1 saturated heterocycles. The minimum atomic E-state index is -3.62. The Morgan fingerprint density at radius 3 is 2.52 bits per heavy atom. The number of hydrogen-bond acceptors (Lipinski definition) is 4. The first kappa shape index (κ1) is 21.6. The van der Waals surface area contributed by atoms with Crippen LogP contribution in [0.4, 0.5) is 5.69 Å². The number of rotatable bonds is 7. The molecule has 1 aliphatic heterocycles. The highest BCUT2D eigenvalue weighted by Gasteiger charge is 2.24. The lowest BCUT2D eigenvalue weighted by molar-refractivity contribution is 0.0954. The Morgan fingerprint density at radius 2 is 1.86 bits per heavy atom. The maximum absolute atomic E-state index is 13.0. The summed E-state index contributed by atoms with van der Waals surface area (Å²) in [6, 6.07) is 12.3. The number of halogens is 1. The quantitative estimate of drug-likeness (QED) is 0.725. The van der Waals surface area contributed by atoms with Crippen molar-refractivity contribution in [1.29, 1.82) is 0 Å². The van der Waals surface area contributed by atoms with E-state index in [-0.39, 0.29) is 10.8 Å². The number of benzene rings is 2. The highest BCUT2D eigenvalue weighted by atomic mass is 35.5. The Bertz CT molecular complexity index is 986. The van der Waals surface area contributed by atoms with E-state index in [0.29, 0.717) is 23.6 Å². The molecule has 0 spiro atoms. The average Bonchev–Trinajstić information content (AvgIpc) is 3.22. The van der Waals surface area contributed by atoms with Crippen molar-refractivity contribution in [2.24, 2.45) is 0 Å². The standard InChI is InChI=1S/C21H26ClN3O3S/c1-24(2)29(27,28)18-8-9-20(25-12-3-4-13-25)19(15-18)21(26)23-11-10-16-6-5-7-17(22)14-16/h5-9,14-15H,3-4,10-13H2,1-2H3,(H,23,26). The van der Waals surface area contributed by atoms with Gasteiger partial charge in [-0.25, -0.2) is 12.7 Å². The normalized spacial score (nSPS) is 14.4. The van der Waals surface area contributed by atoms with Crippen molar-refractivity contribution >= 4 is 33.2 Å². The molecule has 2 aromatic carbocycles. The first-order valence-electron chi connectivity index (χ1n) is 9.63. The first-order chi connectivity index (χ1) is 13.8. The van der Waals surface area contributed by atoms with Crippen LogP contribution in [0.25, 0.3) is 0 Å². The van der Waals surface area contributed by atoms with Gasteiger partial charge < -0.3 is 10.2 Å².